The van der Waals surface area contributed by atoms with Crippen LogP contribution in [0.25, 0.3) is 11.4 Å². The van der Waals surface area contributed by atoms with Crippen LogP contribution < -0.4 is 10.1 Å². The molecule has 0 unspecified atom stereocenters. The quantitative estimate of drug-likeness (QED) is 0.686. The lowest BCUT2D eigenvalue weighted by atomic mass is 10.0. The number of aryl methyl sites for hydroxylation is 2. The van der Waals surface area contributed by atoms with Gasteiger partial charge in [0.05, 0.1) is 0 Å². The van der Waals surface area contributed by atoms with E-state index < -0.39 is 0 Å². The normalized spacial score (nSPS) is 10.9. The zero-order valence-electron chi connectivity index (χ0n) is 16.0. The van der Waals surface area contributed by atoms with Gasteiger partial charge in [0, 0.05) is 11.3 Å². The standard InChI is InChI=1S/C21H24N4O2/c1-13(2)18-10-5-14(3)11-19(18)27-12-20(26)23-17-8-6-16(7-9-17)21-22-15(4)24-25-21/h5-11,13H,12H2,1-4H3,(H,23,26)(H,22,24,25). The van der Waals surface area contributed by atoms with Crippen molar-refractivity contribution in [1.82, 2.24) is 15.2 Å². The number of H-pyrrole nitrogens is 1. The van der Waals surface area contributed by atoms with Crippen LogP contribution in [0.15, 0.2) is 42.5 Å². The Labute approximate surface area is 159 Å². The van der Waals surface area contributed by atoms with Crippen LogP contribution in [0.4, 0.5) is 5.69 Å². The van der Waals surface area contributed by atoms with E-state index in [2.05, 4.69) is 46.5 Å². The van der Waals surface area contributed by atoms with Crippen molar-refractivity contribution in [3.8, 4) is 17.1 Å². The van der Waals surface area contributed by atoms with Gasteiger partial charge in [0.25, 0.3) is 5.91 Å². The number of rotatable bonds is 6. The minimum absolute atomic E-state index is 0.0367. The Morgan fingerprint density at radius 2 is 1.89 bits per heavy atom. The van der Waals surface area contributed by atoms with Crippen molar-refractivity contribution in [2.45, 2.75) is 33.6 Å². The molecule has 6 nitrogen and oxygen atoms in total. The van der Waals surface area contributed by atoms with E-state index in [1.165, 1.54) is 0 Å². The second kappa shape index (κ2) is 8.03. The summed E-state index contributed by atoms with van der Waals surface area (Å²) in [6.45, 7) is 8.03. The summed E-state index contributed by atoms with van der Waals surface area (Å²) in [5.74, 6) is 2.28. The molecule has 0 bridgehead atoms. The second-order valence-corrected chi connectivity index (χ2v) is 6.85. The van der Waals surface area contributed by atoms with Crippen molar-refractivity contribution >= 4 is 11.6 Å². The van der Waals surface area contributed by atoms with Crippen LogP contribution in [0.1, 0.15) is 36.7 Å². The Morgan fingerprint density at radius 1 is 1.15 bits per heavy atom. The van der Waals surface area contributed by atoms with E-state index in [4.69, 9.17) is 4.74 Å². The van der Waals surface area contributed by atoms with Gasteiger partial charge >= 0.3 is 0 Å². The van der Waals surface area contributed by atoms with E-state index in [0.29, 0.717) is 17.4 Å². The van der Waals surface area contributed by atoms with Crippen LogP contribution in [0, 0.1) is 13.8 Å². The zero-order chi connectivity index (χ0) is 19.4. The molecule has 0 saturated heterocycles. The van der Waals surface area contributed by atoms with Crippen molar-refractivity contribution in [2.75, 3.05) is 11.9 Å². The highest BCUT2D eigenvalue weighted by atomic mass is 16.5. The molecule has 0 saturated carbocycles. The predicted octanol–water partition coefficient (Wildman–Crippen LogP) is 4.23. The highest BCUT2D eigenvalue weighted by Crippen LogP contribution is 2.27. The summed E-state index contributed by atoms with van der Waals surface area (Å²) in [6, 6.07) is 13.5. The highest BCUT2D eigenvalue weighted by molar-refractivity contribution is 5.92. The maximum atomic E-state index is 12.2. The molecule has 1 amide bonds. The summed E-state index contributed by atoms with van der Waals surface area (Å²) in [7, 11) is 0. The number of nitrogens with zero attached hydrogens (tertiary/aromatic N) is 2. The van der Waals surface area contributed by atoms with E-state index in [1.54, 1.807) is 0 Å². The lowest BCUT2D eigenvalue weighted by Gasteiger charge is -2.15. The first-order valence-electron chi connectivity index (χ1n) is 8.95. The molecule has 140 valence electrons. The van der Waals surface area contributed by atoms with Crippen molar-refractivity contribution in [2.24, 2.45) is 0 Å². The number of aromatic amines is 1. The number of anilines is 1. The molecule has 0 spiro atoms. The summed E-state index contributed by atoms with van der Waals surface area (Å²) < 4.78 is 5.77. The third kappa shape index (κ3) is 4.73. The lowest BCUT2D eigenvalue weighted by Crippen LogP contribution is -2.20. The van der Waals surface area contributed by atoms with Gasteiger partial charge in [-0.2, -0.15) is 5.10 Å². The number of nitrogens with one attached hydrogen (secondary N) is 2. The van der Waals surface area contributed by atoms with Crippen LogP contribution in [-0.4, -0.2) is 27.7 Å². The van der Waals surface area contributed by atoms with Gasteiger partial charge in [-0.1, -0.05) is 26.0 Å². The third-order valence-corrected chi connectivity index (χ3v) is 4.17. The van der Waals surface area contributed by atoms with Crippen LogP contribution in [-0.2, 0) is 4.79 Å². The Kier molecular flexibility index (Phi) is 5.54. The molecule has 3 rings (SSSR count). The highest BCUT2D eigenvalue weighted by Gasteiger charge is 2.11. The van der Waals surface area contributed by atoms with Crippen molar-refractivity contribution in [3.05, 3.63) is 59.4 Å². The van der Waals surface area contributed by atoms with Gasteiger partial charge in [-0.15, -0.1) is 0 Å². The molecule has 0 radical (unpaired) electrons. The van der Waals surface area contributed by atoms with Gasteiger partial charge in [0.15, 0.2) is 12.4 Å². The SMILES string of the molecule is Cc1ccc(C(C)C)c(OCC(=O)Nc2ccc(-c3n[nH]c(C)n3)cc2)c1. The van der Waals surface area contributed by atoms with Crippen LogP contribution >= 0.6 is 0 Å². The van der Waals surface area contributed by atoms with E-state index in [1.807, 2.05) is 44.2 Å². The fraction of sp³-hybridized carbons (Fsp3) is 0.286. The molecule has 0 atom stereocenters. The Morgan fingerprint density at radius 3 is 2.52 bits per heavy atom. The van der Waals surface area contributed by atoms with Crippen LogP contribution in [0.5, 0.6) is 5.75 Å². The number of aromatic nitrogens is 3. The number of carbonyl (C=O) groups excluding carboxylic acids is 1. The molecule has 0 aliphatic rings. The van der Waals surface area contributed by atoms with Gasteiger partial charge in [-0.25, -0.2) is 4.98 Å². The molecular weight excluding hydrogens is 340 g/mol. The smallest absolute Gasteiger partial charge is 0.262 e. The van der Waals surface area contributed by atoms with Gasteiger partial charge in [0.1, 0.15) is 11.6 Å². The number of benzene rings is 2. The van der Waals surface area contributed by atoms with Crippen molar-refractivity contribution < 1.29 is 9.53 Å². The molecule has 1 aromatic heterocycles. The Balaban J connectivity index is 1.61. The molecule has 2 N–H and O–H groups in total. The Bertz CT molecular complexity index is 930. The first-order valence-corrected chi connectivity index (χ1v) is 8.95. The fourth-order valence-electron chi connectivity index (χ4n) is 2.76. The minimum atomic E-state index is -0.201. The maximum absolute atomic E-state index is 12.2. The molecule has 3 aromatic rings. The first kappa shape index (κ1) is 18.6. The minimum Gasteiger partial charge on any atom is -0.483 e. The predicted molar refractivity (Wildman–Crippen MR) is 106 cm³/mol. The fourth-order valence-corrected chi connectivity index (χ4v) is 2.76. The molecule has 1 heterocycles. The number of hydrogen-bond acceptors (Lipinski definition) is 4. The zero-order valence-corrected chi connectivity index (χ0v) is 16.0. The number of hydrogen-bond donors (Lipinski definition) is 2. The average molecular weight is 364 g/mol. The van der Waals surface area contributed by atoms with Crippen LogP contribution in [0.2, 0.25) is 0 Å². The molecule has 0 fully saturated rings. The second-order valence-electron chi connectivity index (χ2n) is 6.85. The van der Waals surface area contributed by atoms with E-state index in [-0.39, 0.29) is 12.5 Å². The van der Waals surface area contributed by atoms with Gasteiger partial charge in [0.2, 0.25) is 0 Å². The number of amides is 1. The average Bonchev–Trinajstić information content (AvgIpc) is 3.07. The topological polar surface area (TPSA) is 79.9 Å². The molecule has 6 heteroatoms. The largest absolute Gasteiger partial charge is 0.483 e. The maximum Gasteiger partial charge on any atom is 0.262 e. The summed E-state index contributed by atoms with van der Waals surface area (Å²) in [5.41, 5.74) is 3.79. The molecule has 27 heavy (non-hydrogen) atoms. The first-order chi connectivity index (χ1) is 12.9. The van der Waals surface area contributed by atoms with Crippen LogP contribution in [0.3, 0.4) is 0 Å². The molecular formula is C21H24N4O2. The summed E-state index contributed by atoms with van der Waals surface area (Å²) in [5, 5.41) is 9.79. The Hall–Kier alpha value is -3.15. The summed E-state index contributed by atoms with van der Waals surface area (Å²) in [4.78, 5) is 16.5. The van der Waals surface area contributed by atoms with Gasteiger partial charge in [-0.05, 0) is 61.2 Å². The molecule has 0 aliphatic heterocycles. The number of carbonyl (C=O) groups is 1. The number of ether oxygens (including phenoxy) is 1. The van der Waals surface area contributed by atoms with E-state index in [9.17, 15) is 4.79 Å². The van der Waals surface area contributed by atoms with Gasteiger partial charge < -0.3 is 10.1 Å². The van der Waals surface area contributed by atoms with Crippen molar-refractivity contribution in [1.29, 1.82) is 0 Å². The summed E-state index contributed by atoms with van der Waals surface area (Å²) >= 11 is 0. The third-order valence-electron chi connectivity index (χ3n) is 4.17. The molecule has 2 aromatic carbocycles. The molecule has 0 aliphatic carbocycles. The lowest BCUT2D eigenvalue weighted by molar-refractivity contribution is -0.118. The van der Waals surface area contributed by atoms with Crippen molar-refractivity contribution in [3.63, 3.8) is 0 Å². The van der Waals surface area contributed by atoms with E-state index >= 15 is 0 Å². The van der Waals surface area contributed by atoms with Gasteiger partial charge in [-0.3, -0.25) is 9.89 Å². The van der Waals surface area contributed by atoms with E-state index in [0.717, 1.165) is 28.3 Å². The summed E-state index contributed by atoms with van der Waals surface area (Å²) in [6.07, 6.45) is 0. The monoisotopic (exact) mass is 364 g/mol.